The van der Waals surface area contributed by atoms with Gasteiger partial charge < -0.3 is 10.4 Å². The first-order valence-corrected chi connectivity index (χ1v) is 7.33. The second-order valence-corrected chi connectivity index (χ2v) is 6.05. The van der Waals surface area contributed by atoms with Crippen LogP contribution in [0.2, 0.25) is 0 Å². The third-order valence-electron chi connectivity index (χ3n) is 4.52. The van der Waals surface area contributed by atoms with E-state index in [0.29, 0.717) is 18.5 Å². The van der Waals surface area contributed by atoms with Crippen molar-refractivity contribution in [1.29, 1.82) is 0 Å². The lowest BCUT2D eigenvalue weighted by molar-refractivity contribution is 0.151. The minimum absolute atomic E-state index is 0.149. The van der Waals surface area contributed by atoms with Gasteiger partial charge in [0.25, 0.3) is 0 Å². The summed E-state index contributed by atoms with van der Waals surface area (Å²) in [4.78, 5) is 0. The number of aliphatic hydroxyl groups excluding tert-OH is 1. The van der Waals surface area contributed by atoms with Crippen LogP contribution in [0.3, 0.4) is 0 Å². The summed E-state index contributed by atoms with van der Waals surface area (Å²) >= 11 is 0. The largest absolute Gasteiger partial charge is 0.387 e. The Morgan fingerprint density at radius 3 is 2.65 bits per heavy atom. The van der Waals surface area contributed by atoms with Crippen LogP contribution in [-0.2, 0) is 0 Å². The van der Waals surface area contributed by atoms with E-state index in [9.17, 15) is 13.9 Å². The Bertz CT molecular complexity index is 452. The molecule has 1 saturated carbocycles. The maximum absolute atomic E-state index is 13.6. The number of halogens is 2. The summed E-state index contributed by atoms with van der Waals surface area (Å²) in [5.74, 6) is 0.0971. The van der Waals surface area contributed by atoms with E-state index in [2.05, 4.69) is 19.2 Å². The van der Waals surface area contributed by atoms with Gasteiger partial charge in [0.05, 0.1) is 6.10 Å². The molecule has 0 aliphatic heterocycles. The quantitative estimate of drug-likeness (QED) is 0.887. The Morgan fingerprint density at radius 2 is 2.00 bits per heavy atom. The highest BCUT2D eigenvalue weighted by molar-refractivity contribution is 5.21. The fourth-order valence-corrected chi connectivity index (χ4v) is 2.89. The zero-order valence-electron chi connectivity index (χ0n) is 12.1. The number of aliphatic hydroxyl groups is 1. The van der Waals surface area contributed by atoms with Crippen LogP contribution in [0.15, 0.2) is 18.2 Å². The van der Waals surface area contributed by atoms with E-state index in [0.717, 1.165) is 24.8 Å². The van der Waals surface area contributed by atoms with Gasteiger partial charge in [0.15, 0.2) is 0 Å². The SMILES string of the molecule is CC1CCC(NCC(O)c2ccc(F)cc2F)CC1C. The lowest BCUT2D eigenvalue weighted by Crippen LogP contribution is -2.38. The molecule has 0 spiro atoms. The van der Waals surface area contributed by atoms with Crippen LogP contribution in [0.25, 0.3) is 0 Å². The van der Waals surface area contributed by atoms with Gasteiger partial charge in [-0.2, -0.15) is 0 Å². The first-order chi connectivity index (χ1) is 9.47. The van der Waals surface area contributed by atoms with E-state index in [1.807, 2.05) is 0 Å². The van der Waals surface area contributed by atoms with E-state index in [1.54, 1.807) is 0 Å². The van der Waals surface area contributed by atoms with Gasteiger partial charge in [-0.15, -0.1) is 0 Å². The molecule has 2 rings (SSSR count). The molecule has 4 heteroatoms. The van der Waals surface area contributed by atoms with Crippen molar-refractivity contribution in [3.05, 3.63) is 35.4 Å². The van der Waals surface area contributed by atoms with Crippen molar-refractivity contribution in [3.8, 4) is 0 Å². The number of hydrogen-bond acceptors (Lipinski definition) is 2. The van der Waals surface area contributed by atoms with Crippen molar-refractivity contribution in [2.45, 2.75) is 45.3 Å². The molecule has 2 N–H and O–H groups in total. The summed E-state index contributed by atoms with van der Waals surface area (Å²) in [6.45, 7) is 4.81. The molecular weight excluding hydrogens is 260 g/mol. The van der Waals surface area contributed by atoms with E-state index in [1.165, 1.54) is 18.6 Å². The Kier molecular flexibility index (Phi) is 5.11. The number of nitrogens with one attached hydrogen (secondary N) is 1. The van der Waals surface area contributed by atoms with Crippen LogP contribution in [0.5, 0.6) is 0 Å². The van der Waals surface area contributed by atoms with Gasteiger partial charge in [-0.1, -0.05) is 19.9 Å². The molecule has 2 nitrogen and oxygen atoms in total. The molecule has 4 atom stereocenters. The van der Waals surface area contributed by atoms with Gasteiger partial charge in [-0.25, -0.2) is 8.78 Å². The number of hydrogen-bond donors (Lipinski definition) is 2. The summed E-state index contributed by atoms with van der Waals surface area (Å²) in [7, 11) is 0. The summed E-state index contributed by atoms with van der Waals surface area (Å²) < 4.78 is 26.4. The van der Waals surface area contributed by atoms with Crippen molar-refractivity contribution in [3.63, 3.8) is 0 Å². The molecule has 20 heavy (non-hydrogen) atoms. The zero-order valence-corrected chi connectivity index (χ0v) is 12.1. The van der Waals surface area contributed by atoms with Gasteiger partial charge in [0, 0.05) is 24.2 Å². The van der Waals surface area contributed by atoms with Gasteiger partial charge in [0.1, 0.15) is 11.6 Å². The zero-order chi connectivity index (χ0) is 14.7. The van der Waals surface area contributed by atoms with Crippen LogP contribution in [0.4, 0.5) is 8.78 Å². The van der Waals surface area contributed by atoms with Gasteiger partial charge in [-0.05, 0) is 37.2 Å². The molecule has 1 fully saturated rings. The summed E-state index contributed by atoms with van der Waals surface area (Å²) in [6.07, 6.45) is 2.41. The molecule has 0 bridgehead atoms. The predicted octanol–water partition coefficient (Wildman–Crippen LogP) is 3.41. The summed E-state index contributed by atoms with van der Waals surface area (Å²) in [5, 5.41) is 13.3. The topological polar surface area (TPSA) is 32.3 Å². The average Bonchev–Trinajstić information content (AvgIpc) is 2.40. The standard InChI is InChI=1S/C16H23F2NO/c1-10-3-5-13(7-11(10)2)19-9-16(20)14-6-4-12(17)8-15(14)18/h4,6,8,10-11,13,16,19-20H,3,5,7,9H2,1-2H3. The highest BCUT2D eigenvalue weighted by atomic mass is 19.1. The molecule has 1 aromatic rings. The highest BCUT2D eigenvalue weighted by Crippen LogP contribution is 2.29. The van der Waals surface area contributed by atoms with Gasteiger partial charge in [0.2, 0.25) is 0 Å². The molecular formula is C16H23F2NO. The first-order valence-electron chi connectivity index (χ1n) is 7.33. The third kappa shape index (κ3) is 3.76. The summed E-state index contributed by atoms with van der Waals surface area (Å²) in [6, 6.07) is 3.66. The molecule has 4 unspecified atom stereocenters. The smallest absolute Gasteiger partial charge is 0.131 e. The van der Waals surface area contributed by atoms with Crippen molar-refractivity contribution in [2.75, 3.05) is 6.54 Å². The van der Waals surface area contributed by atoms with Crippen molar-refractivity contribution >= 4 is 0 Å². The minimum Gasteiger partial charge on any atom is -0.387 e. The molecule has 1 aliphatic carbocycles. The van der Waals surface area contributed by atoms with Gasteiger partial charge >= 0.3 is 0 Å². The Hall–Kier alpha value is -1.00. The molecule has 1 aliphatic rings. The highest BCUT2D eigenvalue weighted by Gasteiger charge is 2.25. The molecule has 0 saturated heterocycles. The minimum atomic E-state index is -0.940. The van der Waals surface area contributed by atoms with E-state index < -0.39 is 17.7 Å². The van der Waals surface area contributed by atoms with Gasteiger partial charge in [-0.3, -0.25) is 0 Å². The van der Waals surface area contributed by atoms with Crippen LogP contribution in [0, 0.1) is 23.5 Å². The van der Waals surface area contributed by atoms with E-state index in [4.69, 9.17) is 0 Å². The fraction of sp³-hybridized carbons (Fsp3) is 0.625. The third-order valence-corrected chi connectivity index (χ3v) is 4.52. The molecule has 112 valence electrons. The van der Waals surface area contributed by atoms with Crippen molar-refractivity contribution in [1.82, 2.24) is 5.32 Å². The lowest BCUT2D eigenvalue weighted by atomic mass is 9.79. The van der Waals surface area contributed by atoms with Crippen LogP contribution < -0.4 is 5.32 Å². The Balaban J connectivity index is 1.87. The Labute approximate surface area is 119 Å². The average molecular weight is 283 g/mol. The summed E-state index contributed by atoms with van der Waals surface area (Å²) in [5.41, 5.74) is 0.149. The molecule has 0 radical (unpaired) electrons. The molecule has 0 aromatic heterocycles. The van der Waals surface area contributed by atoms with Crippen LogP contribution in [0.1, 0.15) is 44.8 Å². The second-order valence-electron chi connectivity index (χ2n) is 6.05. The maximum Gasteiger partial charge on any atom is 0.131 e. The molecule has 0 heterocycles. The van der Waals surface area contributed by atoms with Crippen LogP contribution in [-0.4, -0.2) is 17.7 Å². The first kappa shape index (κ1) is 15.4. The monoisotopic (exact) mass is 283 g/mol. The Morgan fingerprint density at radius 1 is 1.25 bits per heavy atom. The number of rotatable bonds is 4. The number of benzene rings is 1. The maximum atomic E-state index is 13.6. The van der Waals surface area contributed by atoms with Crippen molar-refractivity contribution in [2.24, 2.45) is 11.8 Å². The van der Waals surface area contributed by atoms with Crippen molar-refractivity contribution < 1.29 is 13.9 Å². The van der Waals surface area contributed by atoms with E-state index >= 15 is 0 Å². The molecule has 1 aromatic carbocycles. The predicted molar refractivity (Wildman–Crippen MR) is 75.3 cm³/mol. The molecule has 0 amide bonds. The second kappa shape index (κ2) is 6.64. The van der Waals surface area contributed by atoms with Crippen LogP contribution >= 0.6 is 0 Å². The van der Waals surface area contributed by atoms with E-state index in [-0.39, 0.29) is 5.56 Å². The fourth-order valence-electron chi connectivity index (χ4n) is 2.89. The normalized spacial score (nSPS) is 28.4. The lowest BCUT2D eigenvalue weighted by Gasteiger charge is -2.33.